The summed E-state index contributed by atoms with van der Waals surface area (Å²) in [6, 6.07) is 9.04. The summed E-state index contributed by atoms with van der Waals surface area (Å²) in [6.07, 6.45) is 7.12. The average Bonchev–Trinajstić information content (AvgIpc) is 3.16. The molecular weight excluding hydrogens is 352 g/mol. The van der Waals surface area contributed by atoms with Crippen molar-refractivity contribution >= 4 is 27.3 Å². The number of nitrogens with zero attached hydrogens (tertiary/aromatic N) is 2. The second-order valence-corrected chi connectivity index (χ2v) is 9.27. The van der Waals surface area contributed by atoms with Gasteiger partial charge >= 0.3 is 0 Å². The number of benzene rings is 1. The van der Waals surface area contributed by atoms with Crippen LogP contribution in [0, 0.1) is 0 Å². The summed E-state index contributed by atoms with van der Waals surface area (Å²) in [5.74, 6) is 0.218. The molecule has 1 aromatic heterocycles. The van der Waals surface area contributed by atoms with Crippen LogP contribution in [0.15, 0.2) is 42.3 Å². The molecule has 27 heavy (non-hydrogen) atoms. The van der Waals surface area contributed by atoms with Crippen LogP contribution in [0.3, 0.4) is 0 Å². The maximum absolute atomic E-state index is 13.2. The topological polar surface area (TPSA) is 23.6 Å². The standard InChI is InChI=1S/C23H32N2OS/c1-6-23(2,3)25(5)20-12-8-7-11-19(20)24(4)22(26)16-17-10-9-13-21-18(17)14-15-27-21/h6,9-10,13-15,19-20H,1,7-8,11-12,16H2,2-5H3. The van der Waals surface area contributed by atoms with E-state index in [0.29, 0.717) is 12.5 Å². The first-order chi connectivity index (χ1) is 12.8. The number of rotatable bonds is 6. The molecule has 1 amide bonds. The van der Waals surface area contributed by atoms with Gasteiger partial charge in [0.2, 0.25) is 5.91 Å². The largest absolute Gasteiger partial charge is 0.341 e. The number of fused-ring (bicyclic) bond motifs is 1. The van der Waals surface area contributed by atoms with Gasteiger partial charge in [0.15, 0.2) is 0 Å². The van der Waals surface area contributed by atoms with Crippen LogP contribution in [-0.2, 0) is 11.2 Å². The third-order valence-corrected chi connectivity index (χ3v) is 7.30. The van der Waals surface area contributed by atoms with Gasteiger partial charge in [-0.05, 0) is 62.2 Å². The molecule has 3 nitrogen and oxygen atoms in total. The summed E-state index contributed by atoms with van der Waals surface area (Å²) in [7, 11) is 4.17. The molecule has 4 heteroatoms. The molecule has 0 N–H and O–H groups in total. The Morgan fingerprint density at radius 1 is 1.22 bits per heavy atom. The van der Waals surface area contributed by atoms with Gasteiger partial charge in [0, 0.05) is 29.4 Å². The number of likely N-dealkylation sites (N-methyl/N-ethyl adjacent to an activating group) is 2. The molecule has 0 bridgehead atoms. The number of thiophene rings is 1. The fourth-order valence-corrected chi connectivity index (χ4v) is 5.08. The highest BCUT2D eigenvalue weighted by Gasteiger charge is 2.37. The minimum atomic E-state index is -0.0770. The summed E-state index contributed by atoms with van der Waals surface area (Å²) in [5, 5.41) is 3.32. The summed E-state index contributed by atoms with van der Waals surface area (Å²) < 4.78 is 1.26. The van der Waals surface area contributed by atoms with Crippen molar-refractivity contribution in [3.05, 3.63) is 47.9 Å². The molecule has 1 aliphatic rings. The molecular formula is C23H32N2OS. The predicted molar refractivity (Wildman–Crippen MR) is 116 cm³/mol. The second-order valence-electron chi connectivity index (χ2n) is 8.32. The fraction of sp³-hybridized carbons (Fsp3) is 0.522. The van der Waals surface area contributed by atoms with Crippen molar-refractivity contribution in [3.8, 4) is 0 Å². The lowest BCUT2D eigenvalue weighted by atomic mass is 9.85. The van der Waals surface area contributed by atoms with Gasteiger partial charge < -0.3 is 4.90 Å². The Morgan fingerprint density at radius 3 is 2.63 bits per heavy atom. The zero-order chi connectivity index (χ0) is 19.6. The number of hydrogen-bond acceptors (Lipinski definition) is 3. The van der Waals surface area contributed by atoms with Gasteiger partial charge in [0.1, 0.15) is 0 Å². The van der Waals surface area contributed by atoms with E-state index in [1.165, 1.54) is 22.9 Å². The van der Waals surface area contributed by atoms with Crippen LogP contribution in [0.2, 0.25) is 0 Å². The van der Waals surface area contributed by atoms with Gasteiger partial charge in [0.25, 0.3) is 0 Å². The highest BCUT2D eigenvalue weighted by Crippen LogP contribution is 2.31. The first kappa shape index (κ1) is 20.1. The SMILES string of the molecule is C=CC(C)(C)N(C)C1CCCCC1N(C)C(=O)Cc1cccc2sccc12. The van der Waals surface area contributed by atoms with Crippen molar-refractivity contribution in [2.24, 2.45) is 0 Å². The minimum Gasteiger partial charge on any atom is -0.341 e. The van der Waals surface area contributed by atoms with E-state index in [4.69, 9.17) is 0 Å². The summed E-state index contributed by atoms with van der Waals surface area (Å²) in [6.45, 7) is 8.41. The van der Waals surface area contributed by atoms with Crippen LogP contribution < -0.4 is 0 Å². The van der Waals surface area contributed by atoms with Crippen molar-refractivity contribution in [1.82, 2.24) is 9.80 Å². The quantitative estimate of drug-likeness (QED) is 0.646. The van der Waals surface area contributed by atoms with E-state index in [2.05, 4.69) is 62.0 Å². The summed E-state index contributed by atoms with van der Waals surface area (Å²) in [4.78, 5) is 17.6. The van der Waals surface area contributed by atoms with E-state index in [0.717, 1.165) is 18.4 Å². The van der Waals surface area contributed by atoms with Gasteiger partial charge in [-0.25, -0.2) is 0 Å². The van der Waals surface area contributed by atoms with E-state index in [1.54, 1.807) is 11.3 Å². The van der Waals surface area contributed by atoms with Gasteiger partial charge in [-0.2, -0.15) is 0 Å². The van der Waals surface area contributed by atoms with Gasteiger partial charge in [-0.3, -0.25) is 9.69 Å². The lowest BCUT2D eigenvalue weighted by Crippen LogP contribution is -2.57. The number of hydrogen-bond donors (Lipinski definition) is 0. The van der Waals surface area contributed by atoms with Crippen molar-refractivity contribution < 1.29 is 4.79 Å². The van der Waals surface area contributed by atoms with Crippen molar-refractivity contribution in [2.75, 3.05) is 14.1 Å². The van der Waals surface area contributed by atoms with Crippen molar-refractivity contribution in [3.63, 3.8) is 0 Å². The lowest BCUT2D eigenvalue weighted by molar-refractivity contribution is -0.133. The number of amides is 1. The molecule has 1 heterocycles. The van der Waals surface area contributed by atoms with Crippen LogP contribution in [0.5, 0.6) is 0 Å². The molecule has 2 unspecified atom stereocenters. The molecule has 1 aromatic carbocycles. The van der Waals surface area contributed by atoms with Crippen LogP contribution >= 0.6 is 11.3 Å². The van der Waals surface area contributed by atoms with Crippen molar-refractivity contribution in [2.45, 2.75) is 63.6 Å². The molecule has 1 fully saturated rings. The molecule has 0 saturated heterocycles. The molecule has 0 aliphatic heterocycles. The molecule has 0 radical (unpaired) electrons. The number of carbonyl (C=O) groups is 1. The monoisotopic (exact) mass is 384 g/mol. The van der Waals surface area contributed by atoms with Gasteiger partial charge in [0.05, 0.1) is 6.42 Å². The van der Waals surface area contributed by atoms with E-state index in [1.807, 2.05) is 18.0 Å². The predicted octanol–water partition coefficient (Wildman–Crippen LogP) is 5.11. The second kappa shape index (κ2) is 8.15. The minimum absolute atomic E-state index is 0.0770. The third-order valence-electron chi connectivity index (χ3n) is 6.42. The molecule has 146 valence electrons. The Labute approximate surface area is 167 Å². The van der Waals surface area contributed by atoms with E-state index >= 15 is 0 Å². The molecule has 2 atom stereocenters. The maximum Gasteiger partial charge on any atom is 0.227 e. The Balaban J connectivity index is 1.78. The van der Waals surface area contributed by atoms with Crippen LogP contribution in [0.25, 0.3) is 10.1 Å². The van der Waals surface area contributed by atoms with Crippen LogP contribution in [-0.4, -0.2) is 47.4 Å². The zero-order valence-corrected chi connectivity index (χ0v) is 17.9. The van der Waals surface area contributed by atoms with E-state index in [9.17, 15) is 4.79 Å². The first-order valence-corrected chi connectivity index (χ1v) is 10.8. The highest BCUT2D eigenvalue weighted by molar-refractivity contribution is 7.17. The molecule has 2 aromatic rings. The molecule has 1 saturated carbocycles. The molecule has 1 aliphatic carbocycles. The van der Waals surface area contributed by atoms with Crippen molar-refractivity contribution in [1.29, 1.82) is 0 Å². The van der Waals surface area contributed by atoms with Gasteiger partial charge in [-0.1, -0.05) is 31.1 Å². The number of carbonyl (C=O) groups excluding carboxylic acids is 1. The zero-order valence-electron chi connectivity index (χ0n) is 17.1. The Hall–Kier alpha value is -1.65. The van der Waals surface area contributed by atoms with E-state index < -0.39 is 0 Å². The Morgan fingerprint density at radius 2 is 1.93 bits per heavy atom. The maximum atomic E-state index is 13.2. The molecule has 3 rings (SSSR count). The van der Waals surface area contributed by atoms with Gasteiger partial charge in [-0.15, -0.1) is 17.9 Å². The summed E-state index contributed by atoms with van der Waals surface area (Å²) in [5.41, 5.74) is 1.06. The lowest BCUT2D eigenvalue weighted by Gasteiger charge is -2.47. The Kier molecular flexibility index (Phi) is 6.07. The normalized spacial score (nSPS) is 20.8. The fourth-order valence-electron chi connectivity index (χ4n) is 4.25. The Bertz CT molecular complexity index is 810. The highest BCUT2D eigenvalue weighted by atomic mass is 32.1. The van der Waals surface area contributed by atoms with Crippen LogP contribution in [0.4, 0.5) is 0 Å². The smallest absolute Gasteiger partial charge is 0.227 e. The molecule has 0 spiro atoms. The first-order valence-electron chi connectivity index (χ1n) is 9.92. The summed E-state index contributed by atoms with van der Waals surface area (Å²) >= 11 is 1.73. The van der Waals surface area contributed by atoms with E-state index in [-0.39, 0.29) is 17.5 Å². The average molecular weight is 385 g/mol. The third kappa shape index (κ3) is 4.12. The van der Waals surface area contributed by atoms with Crippen LogP contribution in [0.1, 0.15) is 45.1 Å².